The van der Waals surface area contributed by atoms with Crippen molar-refractivity contribution in [2.45, 2.75) is 64.2 Å². The molecule has 23 heavy (non-hydrogen) atoms. The fourth-order valence-electron chi connectivity index (χ4n) is 3.97. The molecule has 1 aliphatic heterocycles. The second-order valence-electron chi connectivity index (χ2n) is 8.05. The zero-order valence-corrected chi connectivity index (χ0v) is 15.5. The minimum Gasteiger partial charge on any atom is -0.309 e. The van der Waals surface area contributed by atoms with Gasteiger partial charge in [0.1, 0.15) is 0 Å². The summed E-state index contributed by atoms with van der Waals surface area (Å²) in [5.74, 6) is 0. The van der Waals surface area contributed by atoms with Gasteiger partial charge in [0.2, 0.25) is 0 Å². The maximum Gasteiger partial charge on any atom is 0.0302 e. The molecule has 3 heteroatoms. The Bertz CT molecular complexity index is 627. The van der Waals surface area contributed by atoms with Crippen LogP contribution >= 0.6 is 11.3 Å². The van der Waals surface area contributed by atoms with Crippen LogP contribution in [0, 0.1) is 0 Å². The van der Waals surface area contributed by atoms with Gasteiger partial charge < -0.3 is 10.6 Å². The van der Waals surface area contributed by atoms with E-state index >= 15 is 0 Å². The molecular formula is C20H28N2S. The lowest BCUT2D eigenvalue weighted by Crippen LogP contribution is -2.61. The third-order valence-electron chi connectivity index (χ3n) is 4.52. The molecule has 2 heterocycles. The maximum atomic E-state index is 3.78. The van der Waals surface area contributed by atoms with Crippen LogP contribution in [0.5, 0.6) is 0 Å². The van der Waals surface area contributed by atoms with Gasteiger partial charge in [0.25, 0.3) is 0 Å². The lowest BCUT2D eigenvalue weighted by Gasteiger charge is -2.46. The highest BCUT2D eigenvalue weighted by molar-refractivity contribution is 7.10. The Morgan fingerprint density at radius 1 is 1.04 bits per heavy atom. The summed E-state index contributed by atoms with van der Waals surface area (Å²) in [5, 5.41) is 9.80. The predicted octanol–water partition coefficient (Wildman–Crippen LogP) is 4.81. The fourth-order valence-corrected chi connectivity index (χ4v) is 4.81. The minimum absolute atomic E-state index is 0.198. The normalized spacial score (nSPS) is 20.5. The number of benzene rings is 1. The molecule has 1 aliphatic rings. The van der Waals surface area contributed by atoms with Crippen LogP contribution < -0.4 is 10.6 Å². The first kappa shape index (κ1) is 16.7. The smallest absolute Gasteiger partial charge is 0.0302 e. The third-order valence-corrected chi connectivity index (χ3v) is 5.45. The number of piperidine rings is 1. The molecule has 2 nitrogen and oxygen atoms in total. The number of hydrogen-bond acceptors (Lipinski definition) is 3. The van der Waals surface area contributed by atoms with E-state index < -0.39 is 0 Å². The van der Waals surface area contributed by atoms with Crippen molar-refractivity contribution in [3.8, 4) is 11.1 Å². The molecule has 1 fully saturated rings. The molecule has 0 amide bonds. The van der Waals surface area contributed by atoms with Gasteiger partial charge in [0, 0.05) is 28.5 Å². The average molecular weight is 329 g/mol. The molecule has 0 atom stereocenters. The molecule has 0 radical (unpaired) electrons. The second-order valence-corrected chi connectivity index (χ2v) is 9.04. The van der Waals surface area contributed by atoms with Gasteiger partial charge in [-0.05, 0) is 63.1 Å². The van der Waals surface area contributed by atoms with Gasteiger partial charge in [0.15, 0.2) is 0 Å². The van der Waals surface area contributed by atoms with Crippen LogP contribution in [0.2, 0.25) is 0 Å². The van der Waals surface area contributed by atoms with Gasteiger partial charge in [0.05, 0.1) is 0 Å². The van der Waals surface area contributed by atoms with Crippen molar-refractivity contribution in [1.82, 2.24) is 10.6 Å². The summed E-state index contributed by atoms with van der Waals surface area (Å²) in [4.78, 5) is 1.41. The summed E-state index contributed by atoms with van der Waals surface area (Å²) in [7, 11) is 0. The summed E-state index contributed by atoms with van der Waals surface area (Å²) in [6.07, 6.45) is 2.35. The standard InChI is InChI=1S/C20H28N2S/c1-19(2)11-17(12-20(3,4)22-19)21-13-18-10-16(14-23-18)15-8-6-5-7-9-15/h5-10,14,17,21-22H,11-13H2,1-4H3. The van der Waals surface area contributed by atoms with Gasteiger partial charge in [-0.3, -0.25) is 0 Å². The Morgan fingerprint density at radius 3 is 2.35 bits per heavy atom. The van der Waals surface area contributed by atoms with Gasteiger partial charge >= 0.3 is 0 Å². The Hall–Kier alpha value is -1.16. The highest BCUT2D eigenvalue weighted by Crippen LogP contribution is 2.29. The SMILES string of the molecule is CC1(C)CC(NCc2cc(-c3ccccc3)cs2)CC(C)(C)N1. The Kier molecular flexibility index (Phi) is 4.63. The lowest BCUT2D eigenvalue weighted by molar-refractivity contribution is 0.146. The van der Waals surface area contributed by atoms with Gasteiger partial charge in [-0.2, -0.15) is 0 Å². The quantitative estimate of drug-likeness (QED) is 0.841. The van der Waals surface area contributed by atoms with E-state index in [0.717, 1.165) is 6.54 Å². The van der Waals surface area contributed by atoms with Crippen LogP contribution in [0.1, 0.15) is 45.4 Å². The molecule has 2 aromatic rings. The van der Waals surface area contributed by atoms with Crippen LogP contribution in [-0.4, -0.2) is 17.1 Å². The predicted molar refractivity (Wildman–Crippen MR) is 101 cm³/mol. The largest absolute Gasteiger partial charge is 0.309 e. The second kappa shape index (κ2) is 6.39. The summed E-state index contributed by atoms with van der Waals surface area (Å²) in [6.45, 7) is 10.2. The highest BCUT2D eigenvalue weighted by atomic mass is 32.1. The number of hydrogen-bond donors (Lipinski definition) is 2. The fraction of sp³-hybridized carbons (Fsp3) is 0.500. The third kappa shape index (κ3) is 4.43. The molecule has 0 bridgehead atoms. The van der Waals surface area contributed by atoms with E-state index in [4.69, 9.17) is 0 Å². The van der Waals surface area contributed by atoms with E-state index in [0.29, 0.717) is 6.04 Å². The first-order chi connectivity index (χ1) is 10.8. The molecule has 0 saturated carbocycles. The van der Waals surface area contributed by atoms with Crippen molar-refractivity contribution in [2.24, 2.45) is 0 Å². The van der Waals surface area contributed by atoms with Crippen LogP contribution in [-0.2, 0) is 6.54 Å². The zero-order valence-electron chi connectivity index (χ0n) is 14.6. The minimum atomic E-state index is 0.198. The first-order valence-corrected chi connectivity index (χ1v) is 9.37. The van der Waals surface area contributed by atoms with E-state index in [1.54, 1.807) is 0 Å². The molecular weight excluding hydrogens is 300 g/mol. The van der Waals surface area contributed by atoms with Crippen molar-refractivity contribution < 1.29 is 0 Å². The summed E-state index contributed by atoms with van der Waals surface area (Å²) >= 11 is 1.85. The van der Waals surface area contributed by atoms with Crippen molar-refractivity contribution in [3.63, 3.8) is 0 Å². The molecule has 1 saturated heterocycles. The molecule has 124 valence electrons. The number of rotatable bonds is 4. The maximum absolute atomic E-state index is 3.78. The molecule has 0 aliphatic carbocycles. The topological polar surface area (TPSA) is 24.1 Å². The highest BCUT2D eigenvalue weighted by Gasteiger charge is 2.37. The molecule has 2 N–H and O–H groups in total. The zero-order chi connectivity index (χ0) is 16.5. The van der Waals surface area contributed by atoms with Crippen LogP contribution in [0.25, 0.3) is 11.1 Å². The van der Waals surface area contributed by atoms with Gasteiger partial charge in [-0.25, -0.2) is 0 Å². The first-order valence-electron chi connectivity index (χ1n) is 8.49. The summed E-state index contributed by atoms with van der Waals surface area (Å²) in [5.41, 5.74) is 3.03. The van der Waals surface area contributed by atoms with Gasteiger partial charge in [-0.1, -0.05) is 30.3 Å². The molecule has 0 spiro atoms. The Morgan fingerprint density at radius 2 is 1.70 bits per heavy atom. The van der Waals surface area contributed by atoms with Crippen LogP contribution in [0.3, 0.4) is 0 Å². The monoisotopic (exact) mass is 328 g/mol. The van der Waals surface area contributed by atoms with Crippen molar-refractivity contribution in [1.29, 1.82) is 0 Å². The molecule has 0 unspecified atom stereocenters. The molecule has 3 rings (SSSR count). The van der Waals surface area contributed by atoms with E-state index in [2.05, 4.69) is 80.1 Å². The molecule has 1 aromatic carbocycles. The van der Waals surface area contributed by atoms with Crippen LogP contribution in [0.4, 0.5) is 0 Å². The summed E-state index contributed by atoms with van der Waals surface area (Å²) < 4.78 is 0. The number of thiophene rings is 1. The average Bonchev–Trinajstić information content (AvgIpc) is 2.92. The van der Waals surface area contributed by atoms with Gasteiger partial charge in [-0.15, -0.1) is 11.3 Å². The van der Waals surface area contributed by atoms with E-state index in [1.165, 1.54) is 28.8 Å². The van der Waals surface area contributed by atoms with E-state index in [9.17, 15) is 0 Å². The van der Waals surface area contributed by atoms with Crippen molar-refractivity contribution in [3.05, 3.63) is 46.7 Å². The van der Waals surface area contributed by atoms with Crippen LogP contribution in [0.15, 0.2) is 41.8 Å². The van der Waals surface area contributed by atoms with Crippen molar-refractivity contribution in [2.75, 3.05) is 0 Å². The Balaban J connectivity index is 1.62. The summed E-state index contributed by atoms with van der Waals surface area (Å²) in [6, 6.07) is 13.5. The van der Waals surface area contributed by atoms with E-state index in [-0.39, 0.29) is 11.1 Å². The van der Waals surface area contributed by atoms with Crippen molar-refractivity contribution >= 4 is 11.3 Å². The van der Waals surface area contributed by atoms with E-state index in [1.807, 2.05) is 11.3 Å². The lowest BCUT2D eigenvalue weighted by atomic mass is 9.79. The number of nitrogens with one attached hydrogen (secondary N) is 2. The molecule has 1 aromatic heterocycles. The Labute approximate surface area is 144 Å².